The van der Waals surface area contributed by atoms with Gasteiger partial charge in [-0.2, -0.15) is 0 Å². The van der Waals surface area contributed by atoms with Gasteiger partial charge in [0.1, 0.15) is 11.6 Å². The van der Waals surface area contributed by atoms with E-state index in [1.54, 1.807) is 12.4 Å². The van der Waals surface area contributed by atoms with Crippen molar-refractivity contribution in [3.8, 4) is 0 Å². The first-order valence-corrected chi connectivity index (χ1v) is 5.70. The molecular formula is C14H14F2N2. The van der Waals surface area contributed by atoms with Crippen molar-refractivity contribution < 1.29 is 8.78 Å². The molecule has 0 bridgehead atoms. The van der Waals surface area contributed by atoms with Crippen molar-refractivity contribution in [2.24, 2.45) is 0 Å². The van der Waals surface area contributed by atoms with Gasteiger partial charge in [0.2, 0.25) is 0 Å². The van der Waals surface area contributed by atoms with E-state index in [0.717, 1.165) is 17.2 Å². The van der Waals surface area contributed by atoms with Crippen molar-refractivity contribution in [3.05, 3.63) is 65.0 Å². The lowest BCUT2D eigenvalue weighted by molar-refractivity contribution is 0.575. The second kappa shape index (κ2) is 5.69. The van der Waals surface area contributed by atoms with Crippen LogP contribution in [0.25, 0.3) is 0 Å². The summed E-state index contributed by atoms with van der Waals surface area (Å²) in [6.45, 7) is 3.04. The zero-order valence-corrected chi connectivity index (χ0v) is 10.1. The molecule has 0 saturated heterocycles. The van der Waals surface area contributed by atoms with E-state index < -0.39 is 11.6 Å². The Morgan fingerprint density at radius 3 is 2.50 bits per heavy atom. The summed E-state index contributed by atoms with van der Waals surface area (Å²) >= 11 is 0. The van der Waals surface area contributed by atoms with Crippen LogP contribution in [0.1, 0.15) is 16.7 Å². The van der Waals surface area contributed by atoms with Crippen molar-refractivity contribution in [1.29, 1.82) is 0 Å². The molecule has 2 nitrogen and oxygen atoms in total. The summed E-state index contributed by atoms with van der Waals surface area (Å²) in [4.78, 5) is 4.04. The molecule has 1 heterocycles. The zero-order chi connectivity index (χ0) is 13.0. The molecule has 18 heavy (non-hydrogen) atoms. The maximum Gasteiger partial charge on any atom is 0.126 e. The fraction of sp³-hybridized carbons (Fsp3) is 0.214. The average Bonchev–Trinajstić information content (AvgIpc) is 2.30. The van der Waals surface area contributed by atoms with Gasteiger partial charge in [0.05, 0.1) is 0 Å². The highest BCUT2D eigenvalue weighted by atomic mass is 19.1. The highest BCUT2D eigenvalue weighted by Crippen LogP contribution is 2.09. The fourth-order valence-electron chi connectivity index (χ4n) is 1.74. The third-order valence-corrected chi connectivity index (χ3v) is 2.71. The van der Waals surface area contributed by atoms with Gasteiger partial charge in [-0.05, 0) is 41.8 Å². The molecule has 2 rings (SSSR count). The van der Waals surface area contributed by atoms with Crippen LogP contribution in [0.5, 0.6) is 0 Å². The van der Waals surface area contributed by atoms with Crippen LogP contribution in [-0.4, -0.2) is 4.98 Å². The quantitative estimate of drug-likeness (QED) is 0.899. The minimum atomic E-state index is -0.552. The lowest BCUT2D eigenvalue weighted by atomic mass is 10.1. The molecule has 0 spiro atoms. The van der Waals surface area contributed by atoms with Gasteiger partial charge in [0.15, 0.2) is 0 Å². The number of aromatic nitrogens is 1. The molecular weight excluding hydrogens is 234 g/mol. The van der Waals surface area contributed by atoms with Crippen LogP contribution < -0.4 is 5.32 Å². The lowest BCUT2D eigenvalue weighted by Gasteiger charge is -2.07. The molecule has 0 amide bonds. The summed E-state index contributed by atoms with van der Waals surface area (Å²) in [6.07, 6.45) is 3.52. The third-order valence-electron chi connectivity index (χ3n) is 2.71. The summed E-state index contributed by atoms with van der Waals surface area (Å²) in [5, 5.41) is 3.14. The normalized spacial score (nSPS) is 10.6. The van der Waals surface area contributed by atoms with Gasteiger partial charge in [0.25, 0.3) is 0 Å². The van der Waals surface area contributed by atoms with Crippen LogP contribution in [0.4, 0.5) is 8.78 Å². The van der Waals surface area contributed by atoms with Crippen LogP contribution in [0, 0.1) is 18.6 Å². The van der Waals surface area contributed by atoms with E-state index in [2.05, 4.69) is 10.3 Å². The fourth-order valence-corrected chi connectivity index (χ4v) is 1.74. The molecule has 4 heteroatoms. The summed E-state index contributed by atoms with van der Waals surface area (Å²) in [7, 11) is 0. The molecule has 0 aliphatic heterocycles. The van der Waals surface area contributed by atoms with Gasteiger partial charge in [-0.3, -0.25) is 4.98 Å². The van der Waals surface area contributed by atoms with Gasteiger partial charge in [0, 0.05) is 31.5 Å². The van der Waals surface area contributed by atoms with E-state index in [1.165, 1.54) is 12.1 Å². The maximum atomic E-state index is 13.0. The number of pyridine rings is 1. The Labute approximate surface area is 105 Å². The van der Waals surface area contributed by atoms with Crippen LogP contribution in [-0.2, 0) is 13.1 Å². The van der Waals surface area contributed by atoms with Crippen LogP contribution in [0.3, 0.4) is 0 Å². The molecule has 0 atom stereocenters. The van der Waals surface area contributed by atoms with Gasteiger partial charge < -0.3 is 5.32 Å². The van der Waals surface area contributed by atoms with Crippen LogP contribution in [0.15, 0.2) is 36.7 Å². The topological polar surface area (TPSA) is 24.9 Å². The predicted octanol–water partition coefficient (Wildman–Crippen LogP) is 2.96. The smallest absolute Gasteiger partial charge is 0.126 e. The van der Waals surface area contributed by atoms with E-state index in [-0.39, 0.29) is 0 Å². The Bertz CT molecular complexity index is 521. The number of hydrogen-bond acceptors (Lipinski definition) is 2. The Balaban J connectivity index is 1.94. The van der Waals surface area contributed by atoms with Crippen molar-refractivity contribution >= 4 is 0 Å². The number of benzene rings is 1. The second-order valence-electron chi connectivity index (χ2n) is 4.18. The molecule has 0 radical (unpaired) electrons. The van der Waals surface area contributed by atoms with E-state index in [4.69, 9.17) is 0 Å². The second-order valence-corrected chi connectivity index (χ2v) is 4.18. The molecule has 94 valence electrons. The van der Waals surface area contributed by atoms with Crippen LogP contribution >= 0.6 is 0 Å². The van der Waals surface area contributed by atoms with Crippen molar-refractivity contribution in [3.63, 3.8) is 0 Å². The lowest BCUT2D eigenvalue weighted by Crippen LogP contribution is -2.14. The molecule has 0 aliphatic carbocycles. The Morgan fingerprint density at radius 2 is 1.83 bits per heavy atom. The minimum absolute atomic E-state index is 0.420. The number of nitrogens with one attached hydrogen (secondary N) is 1. The van der Waals surface area contributed by atoms with Crippen molar-refractivity contribution in [1.82, 2.24) is 10.3 Å². The average molecular weight is 248 g/mol. The molecule has 1 aromatic heterocycles. The highest BCUT2D eigenvalue weighted by Gasteiger charge is 2.01. The van der Waals surface area contributed by atoms with E-state index >= 15 is 0 Å². The number of halogens is 2. The molecule has 0 unspecified atom stereocenters. The Hall–Kier alpha value is -1.81. The molecule has 1 aromatic carbocycles. The minimum Gasteiger partial charge on any atom is -0.309 e. The largest absolute Gasteiger partial charge is 0.309 e. The summed E-state index contributed by atoms with van der Waals surface area (Å²) in [6, 6.07) is 5.45. The van der Waals surface area contributed by atoms with E-state index in [9.17, 15) is 8.78 Å². The Morgan fingerprint density at radius 1 is 1.11 bits per heavy atom. The summed E-state index contributed by atoms with van der Waals surface area (Å²) in [5.74, 6) is -1.10. The number of aryl methyl sites for hydroxylation is 1. The predicted molar refractivity (Wildman–Crippen MR) is 65.9 cm³/mol. The third kappa shape index (κ3) is 3.34. The zero-order valence-electron chi connectivity index (χ0n) is 10.1. The number of nitrogens with zero attached hydrogens (tertiary/aromatic N) is 1. The first-order valence-electron chi connectivity index (χ1n) is 5.70. The molecule has 0 fully saturated rings. The Kier molecular flexibility index (Phi) is 3.99. The summed E-state index contributed by atoms with van der Waals surface area (Å²) in [5.41, 5.74) is 2.81. The van der Waals surface area contributed by atoms with Crippen LogP contribution in [0.2, 0.25) is 0 Å². The van der Waals surface area contributed by atoms with E-state index in [0.29, 0.717) is 18.7 Å². The van der Waals surface area contributed by atoms with E-state index in [1.807, 2.05) is 13.0 Å². The summed E-state index contributed by atoms with van der Waals surface area (Å²) < 4.78 is 25.9. The van der Waals surface area contributed by atoms with Crippen molar-refractivity contribution in [2.75, 3.05) is 0 Å². The van der Waals surface area contributed by atoms with Gasteiger partial charge in [-0.1, -0.05) is 0 Å². The standard InChI is InChI=1S/C14H14F2N2/c1-10-2-3-17-8-12(10)9-18-7-11-4-13(15)6-14(16)5-11/h2-6,8,18H,7,9H2,1H3. The van der Waals surface area contributed by atoms with Gasteiger partial charge in [-0.15, -0.1) is 0 Å². The molecule has 1 N–H and O–H groups in total. The molecule has 2 aromatic rings. The monoisotopic (exact) mass is 248 g/mol. The first-order chi connectivity index (χ1) is 8.65. The number of hydrogen-bond donors (Lipinski definition) is 1. The maximum absolute atomic E-state index is 13.0. The highest BCUT2D eigenvalue weighted by molar-refractivity contribution is 5.22. The van der Waals surface area contributed by atoms with Gasteiger partial charge >= 0.3 is 0 Å². The SMILES string of the molecule is Cc1ccncc1CNCc1cc(F)cc(F)c1. The van der Waals surface area contributed by atoms with Gasteiger partial charge in [-0.25, -0.2) is 8.78 Å². The molecule has 0 saturated carbocycles. The number of rotatable bonds is 4. The van der Waals surface area contributed by atoms with Crippen molar-refractivity contribution in [2.45, 2.75) is 20.0 Å². The first kappa shape index (κ1) is 12.6. The molecule has 0 aliphatic rings.